The molecule has 1 N–H and O–H groups in total. The minimum Gasteiger partial charge on any atom is -0.462 e. The second-order valence-corrected chi connectivity index (χ2v) is 8.05. The van der Waals surface area contributed by atoms with Crippen molar-refractivity contribution in [2.24, 2.45) is 0 Å². The van der Waals surface area contributed by atoms with Crippen LogP contribution < -0.4 is 5.32 Å². The topological polar surface area (TPSA) is 81.2 Å². The number of carbonyl (C=O) groups excluding carboxylic acids is 2. The molecule has 3 aromatic rings. The molecule has 3 rings (SSSR count). The van der Waals surface area contributed by atoms with Gasteiger partial charge in [-0.1, -0.05) is 54.2 Å². The first-order valence-electron chi connectivity index (χ1n) is 10.0. The highest BCUT2D eigenvalue weighted by Gasteiger charge is 2.23. The number of aromatic nitrogens is 2. The first-order chi connectivity index (χ1) is 15.0. The summed E-state index contributed by atoms with van der Waals surface area (Å²) in [6.07, 6.45) is 0. The van der Waals surface area contributed by atoms with Gasteiger partial charge in [-0.2, -0.15) is 0 Å². The second-order valence-electron chi connectivity index (χ2n) is 6.98. The molecular formula is C24H25N3O3S. The van der Waals surface area contributed by atoms with Crippen LogP contribution in [-0.4, -0.2) is 28.5 Å². The minimum absolute atomic E-state index is 0.131. The highest BCUT2D eigenvalue weighted by atomic mass is 32.2. The molecule has 0 bridgehead atoms. The molecule has 7 heteroatoms. The molecule has 0 radical (unpaired) electrons. The molecule has 1 heterocycles. The third kappa shape index (κ3) is 6.39. The van der Waals surface area contributed by atoms with Gasteiger partial charge in [0.25, 0.3) is 0 Å². The van der Waals surface area contributed by atoms with Crippen LogP contribution in [0.2, 0.25) is 0 Å². The zero-order chi connectivity index (χ0) is 22.2. The lowest BCUT2D eigenvalue weighted by Crippen LogP contribution is -2.27. The SMILES string of the molecule is CCOC(=O)c1ccc(CNC(=O)C(Sc2nc(C)cc(C)n2)c2ccccc2)cc1. The van der Waals surface area contributed by atoms with Gasteiger partial charge in [0.2, 0.25) is 5.91 Å². The van der Waals surface area contributed by atoms with Crippen LogP contribution in [0.25, 0.3) is 0 Å². The van der Waals surface area contributed by atoms with E-state index in [1.807, 2.05) is 62.4 Å². The van der Waals surface area contributed by atoms with Gasteiger partial charge in [0.05, 0.1) is 12.2 Å². The molecule has 31 heavy (non-hydrogen) atoms. The number of ether oxygens (including phenoxy) is 1. The van der Waals surface area contributed by atoms with Crippen molar-refractivity contribution in [2.45, 2.75) is 37.7 Å². The smallest absolute Gasteiger partial charge is 0.338 e. The fraction of sp³-hybridized carbons (Fsp3) is 0.250. The van der Waals surface area contributed by atoms with Crippen LogP contribution >= 0.6 is 11.8 Å². The van der Waals surface area contributed by atoms with Crippen molar-refractivity contribution in [1.29, 1.82) is 0 Å². The van der Waals surface area contributed by atoms with Crippen molar-refractivity contribution in [3.05, 3.63) is 88.7 Å². The summed E-state index contributed by atoms with van der Waals surface area (Å²) >= 11 is 1.33. The highest BCUT2D eigenvalue weighted by molar-refractivity contribution is 8.00. The van der Waals surface area contributed by atoms with Gasteiger partial charge in [-0.05, 0) is 50.1 Å². The Balaban J connectivity index is 1.72. The third-order valence-corrected chi connectivity index (χ3v) is 5.57. The van der Waals surface area contributed by atoms with E-state index in [-0.39, 0.29) is 11.9 Å². The Labute approximate surface area is 186 Å². The Bertz CT molecular complexity index is 1020. The lowest BCUT2D eigenvalue weighted by molar-refractivity contribution is -0.120. The molecule has 1 aromatic heterocycles. The summed E-state index contributed by atoms with van der Waals surface area (Å²) in [6, 6.07) is 18.5. The molecule has 0 saturated carbocycles. The highest BCUT2D eigenvalue weighted by Crippen LogP contribution is 2.33. The van der Waals surface area contributed by atoms with Crippen molar-refractivity contribution < 1.29 is 14.3 Å². The van der Waals surface area contributed by atoms with Crippen molar-refractivity contribution in [3.8, 4) is 0 Å². The van der Waals surface area contributed by atoms with Crippen molar-refractivity contribution >= 4 is 23.6 Å². The Morgan fingerprint density at radius 1 is 1.00 bits per heavy atom. The van der Waals surface area contributed by atoms with Crippen LogP contribution in [0.3, 0.4) is 0 Å². The van der Waals surface area contributed by atoms with E-state index >= 15 is 0 Å². The van der Waals surface area contributed by atoms with E-state index in [0.717, 1.165) is 22.5 Å². The molecule has 0 fully saturated rings. The molecule has 0 aliphatic carbocycles. The van der Waals surface area contributed by atoms with Crippen LogP contribution in [0.1, 0.15) is 45.0 Å². The Morgan fingerprint density at radius 2 is 1.65 bits per heavy atom. The van der Waals surface area contributed by atoms with Gasteiger partial charge in [-0.25, -0.2) is 14.8 Å². The minimum atomic E-state index is -0.485. The first-order valence-corrected chi connectivity index (χ1v) is 10.9. The fourth-order valence-corrected chi connectivity index (χ4v) is 4.10. The molecule has 1 amide bonds. The summed E-state index contributed by atoms with van der Waals surface area (Å²) < 4.78 is 5.00. The van der Waals surface area contributed by atoms with Crippen molar-refractivity contribution in [3.63, 3.8) is 0 Å². The molecule has 1 atom stereocenters. The predicted octanol–water partition coefficient (Wildman–Crippen LogP) is 4.42. The molecule has 0 spiro atoms. The third-order valence-electron chi connectivity index (χ3n) is 4.46. The molecular weight excluding hydrogens is 410 g/mol. The number of esters is 1. The number of hydrogen-bond donors (Lipinski definition) is 1. The van der Waals surface area contributed by atoms with Gasteiger partial charge in [0.1, 0.15) is 5.25 Å². The van der Waals surface area contributed by atoms with Crippen LogP contribution in [0.15, 0.2) is 65.8 Å². The number of carbonyl (C=O) groups is 2. The van der Waals surface area contributed by atoms with Crippen molar-refractivity contribution in [1.82, 2.24) is 15.3 Å². The number of aryl methyl sites for hydroxylation is 2. The maximum Gasteiger partial charge on any atom is 0.338 e. The first kappa shape index (κ1) is 22.5. The van der Waals surface area contributed by atoms with Gasteiger partial charge in [-0.3, -0.25) is 4.79 Å². The number of nitrogens with one attached hydrogen (secondary N) is 1. The monoisotopic (exact) mass is 435 g/mol. The Hall–Kier alpha value is -3.19. The van der Waals surface area contributed by atoms with E-state index in [1.165, 1.54) is 11.8 Å². The Morgan fingerprint density at radius 3 is 2.26 bits per heavy atom. The summed E-state index contributed by atoms with van der Waals surface area (Å²) in [4.78, 5) is 33.8. The molecule has 160 valence electrons. The maximum absolute atomic E-state index is 13.1. The fourth-order valence-electron chi connectivity index (χ4n) is 3.01. The van der Waals surface area contributed by atoms with Gasteiger partial charge in [0, 0.05) is 17.9 Å². The zero-order valence-corrected chi connectivity index (χ0v) is 18.6. The number of thioether (sulfide) groups is 1. The summed E-state index contributed by atoms with van der Waals surface area (Å²) in [5, 5.41) is 3.07. The predicted molar refractivity (Wildman–Crippen MR) is 121 cm³/mol. The average molecular weight is 436 g/mol. The van der Waals surface area contributed by atoms with Crippen molar-refractivity contribution in [2.75, 3.05) is 6.61 Å². The quantitative estimate of drug-likeness (QED) is 0.320. The largest absolute Gasteiger partial charge is 0.462 e. The van der Waals surface area contributed by atoms with Gasteiger partial charge < -0.3 is 10.1 Å². The Kier molecular flexibility index (Phi) is 7.78. The summed E-state index contributed by atoms with van der Waals surface area (Å²) in [7, 11) is 0. The lowest BCUT2D eigenvalue weighted by atomic mass is 10.1. The van der Waals surface area contributed by atoms with Gasteiger partial charge in [-0.15, -0.1) is 0 Å². The second kappa shape index (κ2) is 10.7. The lowest BCUT2D eigenvalue weighted by Gasteiger charge is -2.17. The van der Waals surface area contributed by atoms with E-state index in [0.29, 0.717) is 23.9 Å². The molecule has 0 aliphatic rings. The van der Waals surface area contributed by atoms with Crippen LogP contribution in [-0.2, 0) is 16.1 Å². The van der Waals surface area contributed by atoms with Gasteiger partial charge >= 0.3 is 5.97 Å². The number of amides is 1. The van der Waals surface area contributed by atoms with E-state index in [9.17, 15) is 9.59 Å². The number of benzene rings is 2. The number of nitrogens with zero attached hydrogens (tertiary/aromatic N) is 2. The normalized spacial score (nSPS) is 11.6. The molecule has 6 nitrogen and oxygen atoms in total. The molecule has 2 aromatic carbocycles. The van der Waals surface area contributed by atoms with E-state index in [1.54, 1.807) is 19.1 Å². The van der Waals surface area contributed by atoms with Gasteiger partial charge in [0.15, 0.2) is 5.16 Å². The zero-order valence-electron chi connectivity index (χ0n) is 17.8. The summed E-state index contributed by atoms with van der Waals surface area (Å²) in [5.41, 5.74) is 3.99. The van der Waals surface area contributed by atoms with Crippen LogP contribution in [0.5, 0.6) is 0 Å². The average Bonchev–Trinajstić information content (AvgIpc) is 2.76. The summed E-state index contributed by atoms with van der Waals surface area (Å²) in [5.74, 6) is -0.486. The standard InChI is InChI=1S/C24H25N3O3S/c1-4-30-23(29)20-12-10-18(11-13-20)15-25-22(28)21(19-8-6-5-7-9-19)31-24-26-16(2)14-17(3)27-24/h5-14,21H,4,15H2,1-3H3,(H,25,28). The number of hydrogen-bond acceptors (Lipinski definition) is 6. The molecule has 1 unspecified atom stereocenters. The maximum atomic E-state index is 13.1. The van der Waals surface area contributed by atoms with E-state index < -0.39 is 5.25 Å². The van der Waals surface area contributed by atoms with E-state index in [4.69, 9.17) is 4.74 Å². The molecule has 0 saturated heterocycles. The van der Waals surface area contributed by atoms with Crippen LogP contribution in [0, 0.1) is 13.8 Å². The summed E-state index contributed by atoms with van der Waals surface area (Å²) in [6.45, 7) is 6.28. The van der Waals surface area contributed by atoms with Crippen LogP contribution in [0.4, 0.5) is 0 Å². The number of rotatable bonds is 8. The van der Waals surface area contributed by atoms with E-state index in [2.05, 4.69) is 15.3 Å². The molecule has 0 aliphatic heterocycles.